The van der Waals surface area contributed by atoms with Crippen LogP contribution >= 0.6 is 0 Å². The van der Waals surface area contributed by atoms with E-state index >= 15 is 0 Å². The van der Waals surface area contributed by atoms with E-state index in [4.69, 9.17) is 10.00 Å². The third-order valence-electron chi connectivity index (χ3n) is 3.47. The molecule has 0 fully saturated rings. The maximum Gasteiger partial charge on any atom is 0.124 e. The number of aryl methyl sites for hydroxylation is 1. The molecule has 0 radical (unpaired) electrons. The molecule has 19 heavy (non-hydrogen) atoms. The van der Waals surface area contributed by atoms with Gasteiger partial charge in [0.2, 0.25) is 0 Å². The second kappa shape index (κ2) is 5.15. The van der Waals surface area contributed by atoms with Crippen molar-refractivity contribution in [3.63, 3.8) is 0 Å². The minimum absolute atomic E-state index is 0.610. The summed E-state index contributed by atoms with van der Waals surface area (Å²) in [6.45, 7) is 6.73. The average Bonchev–Trinajstić information content (AvgIpc) is 2.66. The predicted molar refractivity (Wildman–Crippen MR) is 73.2 cm³/mol. The normalized spacial score (nSPS) is 10.3. The topological polar surface area (TPSA) is 50.8 Å². The zero-order valence-electron chi connectivity index (χ0n) is 11.7. The van der Waals surface area contributed by atoms with Crippen molar-refractivity contribution in [1.82, 2.24) is 9.78 Å². The molecule has 0 aliphatic carbocycles. The molecule has 0 saturated carbocycles. The van der Waals surface area contributed by atoms with Crippen LogP contribution in [0.5, 0.6) is 5.75 Å². The lowest BCUT2D eigenvalue weighted by Gasteiger charge is -2.10. The number of hydrogen-bond donors (Lipinski definition) is 0. The first-order valence-corrected chi connectivity index (χ1v) is 6.14. The van der Waals surface area contributed by atoms with Crippen LogP contribution in [0.15, 0.2) is 18.2 Å². The zero-order chi connectivity index (χ0) is 14.0. The van der Waals surface area contributed by atoms with Gasteiger partial charge in [-0.05, 0) is 44.5 Å². The fourth-order valence-electron chi connectivity index (χ4n) is 2.07. The van der Waals surface area contributed by atoms with Crippen molar-refractivity contribution in [1.29, 1.82) is 5.26 Å². The van der Waals surface area contributed by atoms with Crippen molar-refractivity contribution >= 4 is 0 Å². The van der Waals surface area contributed by atoms with E-state index in [1.165, 1.54) is 5.56 Å². The molecule has 0 N–H and O–H groups in total. The Labute approximate surface area is 113 Å². The lowest BCUT2D eigenvalue weighted by atomic mass is 10.1. The second-order valence-electron chi connectivity index (χ2n) is 4.59. The van der Waals surface area contributed by atoms with E-state index < -0.39 is 0 Å². The summed E-state index contributed by atoms with van der Waals surface area (Å²) in [6, 6.07) is 7.59. The van der Waals surface area contributed by atoms with Gasteiger partial charge in [0.15, 0.2) is 0 Å². The molecule has 98 valence electrons. The molecular formula is C15H17N3O. The highest BCUT2D eigenvalue weighted by atomic mass is 16.5. The minimum atomic E-state index is 0.610. The molecule has 2 aromatic rings. The molecule has 0 aliphatic heterocycles. The largest absolute Gasteiger partial charge is 0.496 e. The van der Waals surface area contributed by atoms with Gasteiger partial charge >= 0.3 is 0 Å². The van der Waals surface area contributed by atoms with Gasteiger partial charge < -0.3 is 4.74 Å². The number of hydrogen-bond acceptors (Lipinski definition) is 3. The predicted octanol–water partition coefficient (Wildman–Crippen LogP) is 2.74. The maximum atomic E-state index is 8.98. The zero-order valence-corrected chi connectivity index (χ0v) is 11.7. The summed E-state index contributed by atoms with van der Waals surface area (Å²) >= 11 is 0. The molecule has 0 saturated heterocycles. The minimum Gasteiger partial charge on any atom is -0.496 e. The van der Waals surface area contributed by atoms with Crippen molar-refractivity contribution < 1.29 is 4.74 Å². The Morgan fingerprint density at radius 1 is 1.32 bits per heavy atom. The highest BCUT2D eigenvalue weighted by Gasteiger charge is 2.11. The molecule has 4 nitrogen and oxygen atoms in total. The molecule has 0 spiro atoms. The number of nitriles is 1. The van der Waals surface area contributed by atoms with Gasteiger partial charge in [0.1, 0.15) is 5.75 Å². The number of aromatic nitrogens is 2. The van der Waals surface area contributed by atoms with Gasteiger partial charge in [-0.2, -0.15) is 10.4 Å². The Hall–Kier alpha value is -2.28. The highest BCUT2D eigenvalue weighted by Crippen LogP contribution is 2.22. The Bertz CT molecular complexity index is 650. The molecule has 4 heteroatoms. The van der Waals surface area contributed by atoms with Crippen LogP contribution in [0.4, 0.5) is 0 Å². The number of rotatable bonds is 3. The highest BCUT2D eigenvalue weighted by molar-refractivity contribution is 5.42. The summed E-state index contributed by atoms with van der Waals surface area (Å²) < 4.78 is 7.29. The molecule has 1 aromatic heterocycles. The third-order valence-corrected chi connectivity index (χ3v) is 3.47. The summed E-state index contributed by atoms with van der Waals surface area (Å²) in [4.78, 5) is 0. The lowest BCUT2D eigenvalue weighted by Crippen LogP contribution is -2.06. The third kappa shape index (κ3) is 2.45. The van der Waals surface area contributed by atoms with Crippen LogP contribution in [-0.4, -0.2) is 16.9 Å². The molecule has 0 unspecified atom stereocenters. The van der Waals surface area contributed by atoms with Crippen LogP contribution in [0.25, 0.3) is 0 Å². The number of ether oxygens (including phenoxy) is 1. The summed E-state index contributed by atoms with van der Waals surface area (Å²) in [5.74, 6) is 0.782. The van der Waals surface area contributed by atoms with Gasteiger partial charge in [0.05, 0.1) is 31.0 Å². The number of methoxy groups -OCH3 is 1. The monoisotopic (exact) mass is 255 g/mol. The smallest absolute Gasteiger partial charge is 0.124 e. The Kier molecular flexibility index (Phi) is 3.57. The van der Waals surface area contributed by atoms with Crippen molar-refractivity contribution in [2.75, 3.05) is 7.11 Å². The van der Waals surface area contributed by atoms with Gasteiger partial charge in [-0.25, -0.2) is 0 Å². The van der Waals surface area contributed by atoms with Crippen LogP contribution in [-0.2, 0) is 6.54 Å². The van der Waals surface area contributed by atoms with Crippen molar-refractivity contribution in [3.05, 3.63) is 46.3 Å². The lowest BCUT2D eigenvalue weighted by molar-refractivity contribution is 0.407. The SMILES string of the molecule is COc1ccc(C#N)cc1Cn1nc(C)c(C)c1C. The first kappa shape index (κ1) is 13.2. The number of nitrogens with zero attached hydrogens (tertiary/aromatic N) is 3. The fourth-order valence-corrected chi connectivity index (χ4v) is 2.07. The van der Waals surface area contributed by atoms with Crippen LogP contribution in [0.3, 0.4) is 0 Å². The summed E-state index contributed by atoms with van der Waals surface area (Å²) in [5, 5.41) is 13.5. The summed E-state index contributed by atoms with van der Waals surface area (Å²) in [5.41, 5.74) is 4.98. The Balaban J connectivity index is 2.42. The van der Waals surface area contributed by atoms with Crippen molar-refractivity contribution in [2.24, 2.45) is 0 Å². The van der Waals surface area contributed by atoms with E-state index in [1.54, 1.807) is 13.2 Å². The van der Waals surface area contributed by atoms with Crippen molar-refractivity contribution in [2.45, 2.75) is 27.3 Å². The molecule has 0 atom stereocenters. The van der Waals surface area contributed by atoms with Crippen LogP contribution in [0.1, 0.15) is 28.1 Å². The standard InChI is InChI=1S/C15H17N3O/c1-10-11(2)17-18(12(10)3)9-14-7-13(8-16)5-6-15(14)19-4/h5-7H,9H2,1-4H3. The summed E-state index contributed by atoms with van der Waals surface area (Å²) in [7, 11) is 1.64. The Morgan fingerprint density at radius 2 is 2.05 bits per heavy atom. The number of benzene rings is 1. The second-order valence-corrected chi connectivity index (χ2v) is 4.59. The summed E-state index contributed by atoms with van der Waals surface area (Å²) in [6.07, 6.45) is 0. The van der Waals surface area contributed by atoms with E-state index in [1.807, 2.05) is 23.7 Å². The van der Waals surface area contributed by atoms with Gasteiger partial charge in [-0.1, -0.05) is 0 Å². The first-order chi connectivity index (χ1) is 9.06. The molecular weight excluding hydrogens is 238 g/mol. The fraction of sp³-hybridized carbons (Fsp3) is 0.333. The molecule has 1 aromatic carbocycles. The van der Waals surface area contributed by atoms with E-state index in [-0.39, 0.29) is 0 Å². The first-order valence-electron chi connectivity index (χ1n) is 6.14. The molecule has 2 rings (SSSR count). The molecule has 0 bridgehead atoms. The quantitative estimate of drug-likeness (QED) is 0.847. The molecule has 0 aliphatic rings. The van der Waals surface area contributed by atoms with Gasteiger partial charge in [-0.3, -0.25) is 4.68 Å². The maximum absolute atomic E-state index is 8.98. The van der Waals surface area contributed by atoms with Gasteiger partial charge in [0, 0.05) is 11.3 Å². The van der Waals surface area contributed by atoms with E-state index in [0.29, 0.717) is 12.1 Å². The van der Waals surface area contributed by atoms with E-state index in [2.05, 4.69) is 25.0 Å². The van der Waals surface area contributed by atoms with Crippen LogP contribution < -0.4 is 4.74 Å². The van der Waals surface area contributed by atoms with Crippen LogP contribution in [0.2, 0.25) is 0 Å². The van der Waals surface area contributed by atoms with E-state index in [9.17, 15) is 0 Å². The van der Waals surface area contributed by atoms with Gasteiger partial charge in [0.25, 0.3) is 0 Å². The average molecular weight is 255 g/mol. The Morgan fingerprint density at radius 3 is 2.58 bits per heavy atom. The van der Waals surface area contributed by atoms with Gasteiger partial charge in [-0.15, -0.1) is 0 Å². The molecule has 1 heterocycles. The van der Waals surface area contributed by atoms with E-state index in [0.717, 1.165) is 22.7 Å². The van der Waals surface area contributed by atoms with Crippen molar-refractivity contribution in [3.8, 4) is 11.8 Å². The van der Waals surface area contributed by atoms with Crippen LogP contribution in [0, 0.1) is 32.1 Å². The molecule has 0 amide bonds.